The van der Waals surface area contributed by atoms with Crippen LogP contribution in [0.2, 0.25) is 0 Å². The molecule has 2 rings (SSSR count). The first-order valence-electron chi connectivity index (χ1n) is 12.7. The van der Waals surface area contributed by atoms with Gasteiger partial charge in [-0.25, -0.2) is 5.26 Å². The van der Waals surface area contributed by atoms with Crippen molar-refractivity contribution >= 4 is 5.69 Å². The van der Waals surface area contributed by atoms with E-state index in [2.05, 4.69) is 54.5 Å². The number of hydrogen-bond donors (Lipinski definition) is 2. The zero-order valence-corrected chi connectivity index (χ0v) is 22.1. The Kier molecular flexibility index (Phi) is 19.5. The van der Waals surface area contributed by atoms with Gasteiger partial charge in [-0.2, -0.15) is 0 Å². The molecule has 0 aliphatic rings. The van der Waals surface area contributed by atoms with Crippen LogP contribution in [0.1, 0.15) is 70.9 Å². The second-order valence-electron chi connectivity index (χ2n) is 7.56. The van der Waals surface area contributed by atoms with Gasteiger partial charge >= 0.3 is 0 Å². The predicted octanol–water partition coefficient (Wildman–Crippen LogP) is 7.32. The molecule has 2 aromatic carbocycles. The quantitative estimate of drug-likeness (QED) is 0.123. The van der Waals surface area contributed by atoms with Crippen molar-refractivity contribution < 1.29 is 20.0 Å². The van der Waals surface area contributed by atoms with Gasteiger partial charge in [0.25, 0.3) is 0 Å². The van der Waals surface area contributed by atoms with Crippen molar-refractivity contribution in [2.24, 2.45) is 0 Å². The van der Waals surface area contributed by atoms with Crippen LogP contribution in [-0.4, -0.2) is 37.2 Å². The van der Waals surface area contributed by atoms with Gasteiger partial charge < -0.3 is 19.6 Å². The maximum absolute atomic E-state index is 9.07. The molecule has 0 spiro atoms. The summed E-state index contributed by atoms with van der Waals surface area (Å²) in [7, 11) is 1.00. The Labute approximate surface area is 208 Å². The molecule has 0 bridgehead atoms. The van der Waals surface area contributed by atoms with E-state index in [1.54, 1.807) is 6.07 Å². The Morgan fingerprint density at radius 1 is 0.941 bits per heavy atom. The van der Waals surface area contributed by atoms with E-state index in [0.717, 1.165) is 76.6 Å². The van der Waals surface area contributed by atoms with Crippen LogP contribution in [0.15, 0.2) is 55.1 Å². The highest BCUT2D eigenvalue weighted by molar-refractivity contribution is 5.61. The minimum Gasteiger partial charge on any atom is -0.491 e. The molecule has 0 saturated heterocycles. The van der Waals surface area contributed by atoms with Crippen molar-refractivity contribution in [2.45, 2.75) is 72.6 Å². The van der Waals surface area contributed by atoms with E-state index < -0.39 is 0 Å². The molecule has 0 radical (unpaired) electrons. The number of rotatable bonds is 15. The van der Waals surface area contributed by atoms with Crippen molar-refractivity contribution in [3.63, 3.8) is 0 Å². The third-order valence-electron chi connectivity index (χ3n) is 5.36. The minimum atomic E-state index is 0.428. The SMILES string of the molecule is C=CCCCCN(CC)c1cc(OO)ccc1OCCCCc1cccc(CC)c1.CC.CO. The topological polar surface area (TPSA) is 62.2 Å². The average Bonchev–Trinajstić information content (AvgIpc) is 2.91. The van der Waals surface area contributed by atoms with Crippen LogP contribution in [0.4, 0.5) is 5.69 Å². The third kappa shape index (κ3) is 12.1. The fraction of sp³-hybridized carbons (Fsp3) is 0.517. The van der Waals surface area contributed by atoms with E-state index in [-0.39, 0.29) is 0 Å². The normalized spacial score (nSPS) is 9.74. The zero-order chi connectivity index (χ0) is 25.6. The van der Waals surface area contributed by atoms with Crippen LogP contribution in [0.25, 0.3) is 0 Å². The zero-order valence-electron chi connectivity index (χ0n) is 22.1. The molecule has 0 heterocycles. The van der Waals surface area contributed by atoms with Crippen molar-refractivity contribution in [3.8, 4) is 11.5 Å². The molecule has 0 aliphatic heterocycles. The van der Waals surface area contributed by atoms with Crippen molar-refractivity contribution in [3.05, 3.63) is 66.2 Å². The average molecular weight is 474 g/mol. The van der Waals surface area contributed by atoms with Crippen LogP contribution in [0, 0.1) is 0 Å². The maximum atomic E-state index is 9.07. The van der Waals surface area contributed by atoms with Crippen LogP contribution in [-0.2, 0) is 12.8 Å². The lowest BCUT2D eigenvalue weighted by atomic mass is 10.0. The summed E-state index contributed by atoms with van der Waals surface area (Å²) in [6.07, 6.45) is 9.44. The molecule has 0 aliphatic carbocycles. The lowest BCUT2D eigenvalue weighted by Crippen LogP contribution is -2.24. The lowest BCUT2D eigenvalue weighted by Gasteiger charge is -2.26. The summed E-state index contributed by atoms with van der Waals surface area (Å²) < 4.78 is 6.13. The fourth-order valence-electron chi connectivity index (χ4n) is 3.58. The highest BCUT2D eigenvalue weighted by atomic mass is 17.1. The number of allylic oxidation sites excluding steroid dienone is 1. The summed E-state index contributed by atoms with van der Waals surface area (Å²) in [6.45, 7) is 14.6. The molecule has 2 N–H and O–H groups in total. The smallest absolute Gasteiger partial charge is 0.167 e. The van der Waals surface area contributed by atoms with Gasteiger partial charge in [0.05, 0.1) is 12.3 Å². The fourth-order valence-corrected chi connectivity index (χ4v) is 3.58. The molecule has 5 nitrogen and oxygen atoms in total. The van der Waals surface area contributed by atoms with E-state index in [4.69, 9.17) is 15.1 Å². The highest BCUT2D eigenvalue weighted by Crippen LogP contribution is 2.33. The molecule has 0 saturated carbocycles. The largest absolute Gasteiger partial charge is 0.491 e. The first kappa shape index (κ1) is 31.5. The van der Waals surface area contributed by atoms with E-state index in [1.807, 2.05) is 32.1 Å². The molecule has 34 heavy (non-hydrogen) atoms. The number of ether oxygens (including phenoxy) is 1. The Hall–Kier alpha value is -2.50. The number of unbranched alkanes of at least 4 members (excludes halogenated alkanes) is 3. The standard InChI is InChI=1S/C26H37NO3.C2H6.CH4O/c1-4-7-8-10-18-27(6-3)25-21-24(30-28)16-17-26(25)29-19-11-9-13-23-15-12-14-22(5-2)20-23;2*1-2/h4,12,14-17,20-21,28H,1,5-11,13,18-19H2,2-3H3;1-2H3;2H,1H3. The summed E-state index contributed by atoms with van der Waals surface area (Å²) in [5.41, 5.74) is 3.77. The highest BCUT2D eigenvalue weighted by Gasteiger charge is 2.13. The molecular weight excluding hydrogens is 426 g/mol. The molecule has 0 fully saturated rings. The van der Waals surface area contributed by atoms with Crippen molar-refractivity contribution in [1.29, 1.82) is 0 Å². The molecule has 0 aromatic heterocycles. The summed E-state index contributed by atoms with van der Waals surface area (Å²) in [6, 6.07) is 14.3. The molecule has 0 amide bonds. The van der Waals surface area contributed by atoms with Crippen LogP contribution < -0.4 is 14.5 Å². The van der Waals surface area contributed by atoms with Gasteiger partial charge in [0.1, 0.15) is 5.75 Å². The number of benzene rings is 2. The van der Waals surface area contributed by atoms with Crippen LogP contribution >= 0.6 is 0 Å². The molecule has 0 unspecified atom stereocenters. The van der Waals surface area contributed by atoms with Gasteiger partial charge in [-0.15, -0.1) is 6.58 Å². The maximum Gasteiger partial charge on any atom is 0.167 e. The summed E-state index contributed by atoms with van der Waals surface area (Å²) in [5.74, 6) is 1.27. The molecule has 192 valence electrons. The number of nitrogens with zero attached hydrogens (tertiary/aromatic N) is 1. The van der Waals surface area contributed by atoms with E-state index in [1.165, 1.54) is 11.1 Å². The Bertz CT molecular complexity index is 764. The number of aryl methyl sites for hydroxylation is 2. The van der Waals surface area contributed by atoms with E-state index in [9.17, 15) is 0 Å². The number of aliphatic hydroxyl groups is 1. The second-order valence-corrected chi connectivity index (χ2v) is 7.56. The Balaban J connectivity index is 0.00000258. The van der Waals surface area contributed by atoms with Gasteiger partial charge in [-0.3, -0.25) is 0 Å². The van der Waals surface area contributed by atoms with Crippen LogP contribution in [0.3, 0.4) is 0 Å². The third-order valence-corrected chi connectivity index (χ3v) is 5.36. The lowest BCUT2D eigenvalue weighted by molar-refractivity contribution is -0.137. The summed E-state index contributed by atoms with van der Waals surface area (Å²) in [5, 5.41) is 16.1. The van der Waals surface area contributed by atoms with Gasteiger partial charge in [-0.1, -0.05) is 51.1 Å². The molecule has 0 atom stereocenters. The summed E-state index contributed by atoms with van der Waals surface area (Å²) >= 11 is 0. The first-order chi connectivity index (χ1) is 16.7. The predicted molar refractivity (Wildman–Crippen MR) is 145 cm³/mol. The molecule has 2 aromatic rings. The number of anilines is 1. The number of hydrogen-bond acceptors (Lipinski definition) is 5. The van der Waals surface area contributed by atoms with E-state index >= 15 is 0 Å². The Morgan fingerprint density at radius 3 is 2.32 bits per heavy atom. The monoisotopic (exact) mass is 473 g/mol. The Morgan fingerprint density at radius 2 is 1.68 bits per heavy atom. The van der Waals surface area contributed by atoms with Crippen LogP contribution in [0.5, 0.6) is 11.5 Å². The van der Waals surface area contributed by atoms with Gasteiger partial charge in [0.15, 0.2) is 5.75 Å². The van der Waals surface area contributed by atoms with Gasteiger partial charge in [-0.05, 0) is 75.1 Å². The van der Waals surface area contributed by atoms with Gasteiger partial charge in [0.2, 0.25) is 0 Å². The minimum absolute atomic E-state index is 0.428. The van der Waals surface area contributed by atoms with Gasteiger partial charge in [0, 0.05) is 26.3 Å². The molecular formula is C29H47NO4. The second kappa shape index (κ2) is 21.1. The molecule has 5 heteroatoms. The number of aliphatic hydroxyl groups excluding tert-OH is 1. The van der Waals surface area contributed by atoms with Crippen molar-refractivity contribution in [1.82, 2.24) is 0 Å². The summed E-state index contributed by atoms with van der Waals surface area (Å²) in [4.78, 5) is 6.74. The van der Waals surface area contributed by atoms with E-state index in [0.29, 0.717) is 12.4 Å². The first-order valence-corrected chi connectivity index (χ1v) is 12.7. The van der Waals surface area contributed by atoms with Crippen molar-refractivity contribution in [2.75, 3.05) is 31.7 Å².